The lowest BCUT2D eigenvalue weighted by atomic mass is 10.0. The zero-order chi connectivity index (χ0) is 14.1. The number of piperidine rings is 1. The lowest BCUT2D eigenvalue weighted by molar-refractivity contribution is 0.0316. The fourth-order valence-electron chi connectivity index (χ4n) is 3.28. The Labute approximate surface area is 116 Å². The number of aliphatic hydroxyl groups is 1. The van der Waals surface area contributed by atoms with E-state index in [9.17, 15) is 13.5 Å². The maximum atomic E-state index is 12.6. The molecule has 2 aliphatic rings. The van der Waals surface area contributed by atoms with E-state index in [1.807, 2.05) is 6.92 Å². The summed E-state index contributed by atoms with van der Waals surface area (Å²) < 4.78 is 28.1. The second kappa shape index (κ2) is 5.68. The fourth-order valence-corrected chi connectivity index (χ4v) is 4.96. The van der Waals surface area contributed by atoms with Crippen molar-refractivity contribution in [2.24, 2.45) is 0 Å². The third kappa shape index (κ3) is 3.29. The van der Waals surface area contributed by atoms with E-state index in [2.05, 4.69) is 0 Å². The topological polar surface area (TPSA) is 60.9 Å². The highest BCUT2D eigenvalue weighted by atomic mass is 32.2. The second-order valence-electron chi connectivity index (χ2n) is 6.15. The average Bonchev–Trinajstić information content (AvgIpc) is 2.76. The van der Waals surface area contributed by atoms with Crippen LogP contribution < -0.4 is 0 Å². The minimum absolute atomic E-state index is 0.0689. The van der Waals surface area contributed by atoms with Crippen LogP contribution in [-0.4, -0.2) is 53.9 Å². The first kappa shape index (κ1) is 15.2. The Hall–Kier alpha value is -0.170. The van der Waals surface area contributed by atoms with Crippen LogP contribution in [0.5, 0.6) is 0 Å². The van der Waals surface area contributed by atoms with Gasteiger partial charge in [0.1, 0.15) is 0 Å². The molecule has 19 heavy (non-hydrogen) atoms. The summed E-state index contributed by atoms with van der Waals surface area (Å²) in [7, 11) is -1.84. The van der Waals surface area contributed by atoms with Gasteiger partial charge in [-0.2, -0.15) is 17.0 Å². The summed E-state index contributed by atoms with van der Waals surface area (Å²) in [5.41, 5.74) is -0.819. The standard InChI is InChI=1S/C13H26N2O3S/c1-12-7-3-6-10-15(12)19(17,18)14(2)11-13(16)8-4-5-9-13/h12,16H,3-11H2,1-2H3. The predicted octanol–water partition coefficient (Wildman–Crippen LogP) is 1.34. The Bertz CT molecular complexity index is 404. The molecule has 0 aromatic carbocycles. The van der Waals surface area contributed by atoms with Crippen molar-refractivity contribution in [2.75, 3.05) is 20.1 Å². The largest absolute Gasteiger partial charge is 0.389 e. The fraction of sp³-hybridized carbons (Fsp3) is 1.00. The van der Waals surface area contributed by atoms with Gasteiger partial charge in [-0.1, -0.05) is 19.3 Å². The quantitative estimate of drug-likeness (QED) is 0.850. The molecule has 5 nitrogen and oxygen atoms in total. The molecule has 6 heteroatoms. The van der Waals surface area contributed by atoms with E-state index in [-0.39, 0.29) is 12.6 Å². The van der Waals surface area contributed by atoms with Crippen LogP contribution in [0.2, 0.25) is 0 Å². The van der Waals surface area contributed by atoms with Gasteiger partial charge in [-0.05, 0) is 32.6 Å². The summed E-state index contributed by atoms with van der Waals surface area (Å²) in [4.78, 5) is 0. The van der Waals surface area contributed by atoms with E-state index in [1.165, 1.54) is 4.31 Å². The van der Waals surface area contributed by atoms with E-state index in [0.717, 1.165) is 32.1 Å². The Kier molecular flexibility index (Phi) is 4.55. The molecule has 1 N–H and O–H groups in total. The summed E-state index contributed by atoms with van der Waals surface area (Å²) in [5, 5.41) is 10.4. The molecule has 0 radical (unpaired) electrons. The molecular weight excluding hydrogens is 264 g/mol. The van der Waals surface area contributed by atoms with Gasteiger partial charge in [0.15, 0.2) is 0 Å². The van der Waals surface area contributed by atoms with Crippen molar-refractivity contribution in [1.82, 2.24) is 8.61 Å². The summed E-state index contributed by atoms with van der Waals surface area (Å²) >= 11 is 0. The van der Waals surface area contributed by atoms with Crippen LogP contribution in [0.4, 0.5) is 0 Å². The zero-order valence-electron chi connectivity index (χ0n) is 12.0. The molecule has 1 saturated heterocycles. The molecule has 1 aliphatic carbocycles. The number of hydrogen-bond acceptors (Lipinski definition) is 3. The predicted molar refractivity (Wildman–Crippen MR) is 75.0 cm³/mol. The van der Waals surface area contributed by atoms with Gasteiger partial charge in [0.2, 0.25) is 0 Å². The minimum Gasteiger partial charge on any atom is -0.389 e. The third-order valence-corrected chi connectivity index (χ3v) is 6.54. The summed E-state index contributed by atoms with van der Waals surface area (Å²) in [6, 6.07) is 0.0689. The molecule has 112 valence electrons. The molecule has 1 unspecified atom stereocenters. The first-order chi connectivity index (χ1) is 8.85. The van der Waals surface area contributed by atoms with Crippen LogP contribution >= 0.6 is 0 Å². The summed E-state index contributed by atoms with van der Waals surface area (Å²) in [6.07, 6.45) is 6.36. The molecule has 2 fully saturated rings. The number of nitrogens with zero attached hydrogens (tertiary/aromatic N) is 2. The normalized spacial score (nSPS) is 28.9. The van der Waals surface area contributed by atoms with Crippen molar-refractivity contribution < 1.29 is 13.5 Å². The maximum absolute atomic E-state index is 12.6. The van der Waals surface area contributed by atoms with Crippen LogP contribution in [0, 0.1) is 0 Å². The Balaban J connectivity index is 2.05. The highest BCUT2D eigenvalue weighted by Gasteiger charge is 2.38. The third-order valence-electron chi connectivity index (χ3n) is 4.48. The highest BCUT2D eigenvalue weighted by molar-refractivity contribution is 7.86. The molecule has 0 aromatic heterocycles. The number of hydrogen-bond donors (Lipinski definition) is 1. The van der Waals surface area contributed by atoms with Gasteiger partial charge in [-0.15, -0.1) is 0 Å². The first-order valence-corrected chi connectivity index (χ1v) is 8.70. The van der Waals surface area contributed by atoms with Gasteiger partial charge in [0.25, 0.3) is 10.2 Å². The molecule has 0 aromatic rings. The molecule has 1 aliphatic heterocycles. The highest BCUT2D eigenvalue weighted by Crippen LogP contribution is 2.31. The van der Waals surface area contributed by atoms with E-state index in [4.69, 9.17) is 0 Å². The van der Waals surface area contributed by atoms with Crippen molar-refractivity contribution in [3.8, 4) is 0 Å². The minimum atomic E-state index is -3.43. The summed E-state index contributed by atoms with van der Waals surface area (Å²) in [6.45, 7) is 2.79. The van der Waals surface area contributed by atoms with Crippen LogP contribution in [0.15, 0.2) is 0 Å². The van der Waals surface area contributed by atoms with Gasteiger partial charge < -0.3 is 5.11 Å². The average molecular weight is 290 g/mol. The molecular formula is C13H26N2O3S. The molecule has 1 heterocycles. The molecule has 0 amide bonds. The summed E-state index contributed by atoms with van der Waals surface area (Å²) in [5.74, 6) is 0. The first-order valence-electron chi connectivity index (χ1n) is 7.31. The van der Waals surface area contributed by atoms with Crippen LogP contribution in [0.3, 0.4) is 0 Å². The molecule has 1 atom stereocenters. The van der Waals surface area contributed by atoms with Crippen molar-refractivity contribution in [3.63, 3.8) is 0 Å². The monoisotopic (exact) mass is 290 g/mol. The van der Waals surface area contributed by atoms with E-state index < -0.39 is 15.8 Å². The molecule has 1 saturated carbocycles. The van der Waals surface area contributed by atoms with Gasteiger partial charge >= 0.3 is 0 Å². The Morgan fingerprint density at radius 2 is 1.89 bits per heavy atom. The van der Waals surface area contributed by atoms with Gasteiger partial charge in [-0.25, -0.2) is 0 Å². The van der Waals surface area contributed by atoms with Crippen LogP contribution in [0.25, 0.3) is 0 Å². The van der Waals surface area contributed by atoms with Crippen molar-refractivity contribution in [2.45, 2.75) is 63.5 Å². The zero-order valence-corrected chi connectivity index (χ0v) is 12.8. The maximum Gasteiger partial charge on any atom is 0.282 e. The number of likely N-dealkylation sites (N-methyl/N-ethyl adjacent to an activating group) is 1. The molecule has 2 rings (SSSR count). The van der Waals surface area contributed by atoms with E-state index in [1.54, 1.807) is 11.4 Å². The lowest BCUT2D eigenvalue weighted by Crippen LogP contribution is -2.52. The smallest absolute Gasteiger partial charge is 0.282 e. The Morgan fingerprint density at radius 3 is 2.47 bits per heavy atom. The van der Waals surface area contributed by atoms with Crippen molar-refractivity contribution >= 4 is 10.2 Å². The van der Waals surface area contributed by atoms with Gasteiger partial charge in [0.05, 0.1) is 5.60 Å². The van der Waals surface area contributed by atoms with Crippen molar-refractivity contribution in [1.29, 1.82) is 0 Å². The van der Waals surface area contributed by atoms with Gasteiger partial charge in [0, 0.05) is 26.2 Å². The Morgan fingerprint density at radius 1 is 1.26 bits per heavy atom. The second-order valence-corrected chi connectivity index (χ2v) is 8.14. The molecule has 0 bridgehead atoms. The van der Waals surface area contributed by atoms with E-state index in [0.29, 0.717) is 19.4 Å². The van der Waals surface area contributed by atoms with Crippen LogP contribution in [0.1, 0.15) is 51.9 Å². The van der Waals surface area contributed by atoms with Crippen LogP contribution in [-0.2, 0) is 10.2 Å². The SMILES string of the molecule is CC1CCCCN1S(=O)(=O)N(C)CC1(O)CCCC1. The number of rotatable bonds is 4. The van der Waals surface area contributed by atoms with E-state index >= 15 is 0 Å². The van der Waals surface area contributed by atoms with Crippen molar-refractivity contribution in [3.05, 3.63) is 0 Å². The van der Waals surface area contributed by atoms with Gasteiger partial charge in [-0.3, -0.25) is 0 Å². The lowest BCUT2D eigenvalue weighted by Gasteiger charge is -2.37. The molecule has 0 spiro atoms.